The van der Waals surface area contributed by atoms with Crippen LogP contribution in [-0.2, 0) is 9.39 Å². The molecule has 1 aliphatic rings. The second-order valence-corrected chi connectivity index (χ2v) is 7.03. The Kier molecular flexibility index (Phi) is 4.94. The smallest absolute Gasteiger partial charge is 0.412 e. The first kappa shape index (κ1) is 18.6. The van der Waals surface area contributed by atoms with E-state index in [1.165, 1.54) is 0 Å². The summed E-state index contributed by atoms with van der Waals surface area (Å²) in [4.78, 5) is 16.1. The lowest BCUT2D eigenvalue weighted by Gasteiger charge is -2.19. The van der Waals surface area contributed by atoms with E-state index < -0.39 is 11.7 Å². The molecule has 2 radical (unpaired) electrons. The van der Waals surface area contributed by atoms with Crippen LogP contribution in [0.2, 0.25) is 0 Å². The van der Waals surface area contributed by atoms with Crippen molar-refractivity contribution in [1.82, 2.24) is 0 Å². The molecule has 7 heteroatoms. The van der Waals surface area contributed by atoms with Gasteiger partial charge in [0.15, 0.2) is 6.40 Å². The fourth-order valence-electron chi connectivity index (χ4n) is 2.95. The Labute approximate surface area is 159 Å². The molecule has 2 aromatic rings. The SMILES string of the molecule is [B]OC=Nc1ccc2c(c1)/C(=C\O)c1cc(NC(=O)OC(C)(C)C)ccc1-2. The van der Waals surface area contributed by atoms with Gasteiger partial charge < -0.3 is 14.5 Å². The van der Waals surface area contributed by atoms with Crippen LogP contribution in [0.3, 0.4) is 0 Å². The molecule has 2 aromatic carbocycles. The summed E-state index contributed by atoms with van der Waals surface area (Å²) in [7, 11) is 4.96. The molecule has 0 saturated heterocycles. The van der Waals surface area contributed by atoms with E-state index in [0.717, 1.165) is 34.9 Å². The third-order valence-corrected chi connectivity index (χ3v) is 3.93. The summed E-state index contributed by atoms with van der Waals surface area (Å²) in [5.74, 6) is 0. The van der Waals surface area contributed by atoms with Gasteiger partial charge in [-0.25, -0.2) is 9.79 Å². The molecule has 0 fully saturated rings. The van der Waals surface area contributed by atoms with Crippen molar-refractivity contribution >= 4 is 37.5 Å². The van der Waals surface area contributed by atoms with Gasteiger partial charge in [-0.2, -0.15) is 0 Å². The standard InChI is InChI=1S/C20H19BN2O4/c1-20(2,3)27-19(25)23-13-5-7-15-14-6-4-12(22-11-26-21)8-16(14)18(10-24)17(15)9-13/h4-11,24H,1-3H3,(H,23,25)/b18-10+,22-11?. The van der Waals surface area contributed by atoms with Crippen LogP contribution >= 0.6 is 0 Å². The number of nitrogens with one attached hydrogen (secondary N) is 1. The third kappa shape index (κ3) is 3.97. The zero-order valence-electron chi connectivity index (χ0n) is 15.3. The number of aliphatic hydroxyl groups excluding tert-OH is 1. The fourth-order valence-corrected chi connectivity index (χ4v) is 2.95. The van der Waals surface area contributed by atoms with Crippen molar-refractivity contribution in [3.05, 3.63) is 53.8 Å². The van der Waals surface area contributed by atoms with E-state index in [1.54, 1.807) is 32.9 Å². The summed E-state index contributed by atoms with van der Waals surface area (Å²) in [6.07, 6.45) is 1.65. The molecular formula is C20H19BN2O4. The van der Waals surface area contributed by atoms with Gasteiger partial charge in [0.05, 0.1) is 11.9 Å². The number of benzene rings is 2. The highest BCUT2D eigenvalue weighted by atomic mass is 16.6. The van der Waals surface area contributed by atoms with Crippen LogP contribution in [0.5, 0.6) is 0 Å². The van der Waals surface area contributed by atoms with Crippen LogP contribution < -0.4 is 5.32 Å². The van der Waals surface area contributed by atoms with Crippen molar-refractivity contribution in [3.8, 4) is 11.1 Å². The number of aliphatic hydroxyl groups is 1. The monoisotopic (exact) mass is 362 g/mol. The highest BCUT2D eigenvalue weighted by Crippen LogP contribution is 2.46. The summed E-state index contributed by atoms with van der Waals surface area (Å²) >= 11 is 0. The van der Waals surface area contributed by atoms with Gasteiger partial charge in [-0.3, -0.25) is 5.32 Å². The van der Waals surface area contributed by atoms with Gasteiger partial charge >= 0.3 is 14.1 Å². The first-order chi connectivity index (χ1) is 12.8. The molecule has 3 rings (SSSR count). The topological polar surface area (TPSA) is 80.2 Å². The molecule has 0 unspecified atom stereocenters. The average Bonchev–Trinajstić information content (AvgIpc) is 2.90. The highest BCUT2D eigenvalue weighted by molar-refractivity contribution is 6.04. The van der Waals surface area contributed by atoms with Gasteiger partial charge in [0, 0.05) is 11.3 Å². The number of carbonyl (C=O) groups is 1. The van der Waals surface area contributed by atoms with Crippen molar-refractivity contribution in [2.24, 2.45) is 4.99 Å². The minimum absolute atomic E-state index is 0.536. The molecule has 136 valence electrons. The van der Waals surface area contributed by atoms with E-state index in [4.69, 9.17) is 12.8 Å². The number of rotatable bonds is 3. The number of aliphatic imine (C=N–C) groups is 1. The fraction of sp³-hybridized carbons (Fsp3) is 0.200. The van der Waals surface area contributed by atoms with Crippen molar-refractivity contribution in [3.63, 3.8) is 0 Å². The van der Waals surface area contributed by atoms with Crippen molar-refractivity contribution in [1.29, 1.82) is 0 Å². The minimum atomic E-state index is -0.586. The van der Waals surface area contributed by atoms with Crippen LogP contribution in [0.1, 0.15) is 31.9 Å². The van der Waals surface area contributed by atoms with Crippen LogP contribution in [0.15, 0.2) is 47.7 Å². The number of hydrogen-bond donors (Lipinski definition) is 2. The third-order valence-electron chi connectivity index (χ3n) is 3.93. The number of nitrogens with zero attached hydrogens (tertiary/aromatic N) is 1. The first-order valence-electron chi connectivity index (χ1n) is 8.34. The Hall–Kier alpha value is -3.22. The maximum Gasteiger partial charge on any atom is 0.412 e. The zero-order chi connectivity index (χ0) is 19.6. The van der Waals surface area contributed by atoms with Gasteiger partial charge in [-0.05, 0) is 67.3 Å². The molecule has 0 spiro atoms. The van der Waals surface area contributed by atoms with Gasteiger partial charge in [-0.1, -0.05) is 12.1 Å². The number of carbonyl (C=O) groups excluding carboxylic acids is 1. The summed E-state index contributed by atoms with van der Waals surface area (Å²) < 4.78 is 9.64. The van der Waals surface area contributed by atoms with Crippen LogP contribution in [-0.4, -0.2) is 31.3 Å². The lowest BCUT2D eigenvalue weighted by molar-refractivity contribution is 0.0636. The molecule has 0 aliphatic heterocycles. The Morgan fingerprint density at radius 3 is 2.41 bits per heavy atom. The van der Waals surface area contributed by atoms with E-state index in [2.05, 4.69) is 15.0 Å². The van der Waals surface area contributed by atoms with Crippen molar-refractivity contribution in [2.75, 3.05) is 5.32 Å². The number of ether oxygens (including phenoxy) is 1. The normalized spacial score (nSPS) is 14.1. The molecule has 27 heavy (non-hydrogen) atoms. The lowest BCUT2D eigenvalue weighted by atomic mass is 10.1. The molecule has 2 N–H and O–H groups in total. The minimum Gasteiger partial charge on any atom is -0.560 e. The Balaban J connectivity index is 1.93. The van der Waals surface area contributed by atoms with E-state index in [-0.39, 0.29) is 0 Å². The van der Waals surface area contributed by atoms with Crippen molar-refractivity contribution < 1.29 is 19.3 Å². The van der Waals surface area contributed by atoms with Gasteiger partial charge in [0.2, 0.25) is 0 Å². The largest absolute Gasteiger partial charge is 0.560 e. The predicted octanol–water partition coefficient (Wildman–Crippen LogP) is 4.72. The quantitative estimate of drug-likeness (QED) is 0.306. The maximum atomic E-state index is 12.0. The molecule has 0 atom stereocenters. The maximum absolute atomic E-state index is 12.0. The van der Waals surface area contributed by atoms with E-state index >= 15 is 0 Å². The summed E-state index contributed by atoms with van der Waals surface area (Å²) in [5, 5.41) is 12.5. The lowest BCUT2D eigenvalue weighted by Crippen LogP contribution is -2.27. The molecule has 1 amide bonds. The Morgan fingerprint density at radius 1 is 1.11 bits per heavy atom. The number of amides is 1. The van der Waals surface area contributed by atoms with Crippen molar-refractivity contribution in [2.45, 2.75) is 26.4 Å². The van der Waals surface area contributed by atoms with Crippen LogP contribution in [0.25, 0.3) is 16.7 Å². The van der Waals surface area contributed by atoms with Gasteiger partial charge in [0.25, 0.3) is 0 Å². The molecule has 1 aliphatic carbocycles. The highest BCUT2D eigenvalue weighted by Gasteiger charge is 2.25. The average molecular weight is 362 g/mol. The second-order valence-electron chi connectivity index (χ2n) is 7.03. The van der Waals surface area contributed by atoms with E-state index in [0.29, 0.717) is 16.9 Å². The molecular weight excluding hydrogens is 343 g/mol. The van der Waals surface area contributed by atoms with E-state index in [9.17, 15) is 9.90 Å². The van der Waals surface area contributed by atoms with Crippen LogP contribution in [0.4, 0.5) is 16.2 Å². The summed E-state index contributed by atoms with van der Waals surface area (Å²) in [6.45, 7) is 5.40. The Bertz CT molecular complexity index is 945. The summed E-state index contributed by atoms with van der Waals surface area (Å²) in [5.41, 5.74) is 4.80. The predicted molar refractivity (Wildman–Crippen MR) is 106 cm³/mol. The molecule has 0 aromatic heterocycles. The number of anilines is 1. The van der Waals surface area contributed by atoms with E-state index in [1.807, 2.05) is 24.3 Å². The molecule has 6 nitrogen and oxygen atoms in total. The zero-order valence-corrected chi connectivity index (χ0v) is 15.3. The molecule has 0 saturated carbocycles. The first-order valence-corrected chi connectivity index (χ1v) is 8.34. The van der Waals surface area contributed by atoms with Gasteiger partial charge in [-0.15, -0.1) is 0 Å². The van der Waals surface area contributed by atoms with Gasteiger partial charge in [0.1, 0.15) is 5.60 Å². The molecule has 0 bridgehead atoms. The summed E-state index contributed by atoms with van der Waals surface area (Å²) in [6, 6.07) is 11.0. The molecule has 0 heterocycles. The Morgan fingerprint density at radius 2 is 1.78 bits per heavy atom. The second kappa shape index (κ2) is 7.19. The number of fused-ring (bicyclic) bond motifs is 3. The number of hydrogen-bond acceptors (Lipinski definition) is 5. The van der Waals surface area contributed by atoms with Crippen LogP contribution in [0, 0.1) is 0 Å².